The average Bonchev–Trinajstić information content (AvgIpc) is 2.60. The lowest BCUT2D eigenvalue weighted by atomic mass is 10.1. The number of aryl methyl sites for hydroxylation is 1. The van der Waals surface area contributed by atoms with E-state index in [0.717, 1.165) is 11.1 Å². The summed E-state index contributed by atoms with van der Waals surface area (Å²) in [6.45, 7) is 1.99. The monoisotopic (exact) mass is 236 g/mol. The molecule has 3 N–H and O–H groups in total. The zero-order chi connectivity index (χ0) is 11.7. The van der Waals surface area contributed by atoms with Crippen molar-refractivity contribution in [3.05, 3.63) is 28.5 Å². The van der Waals surface area contributed by atoms with Crippen LogP contribution in [0.3, 0.4) is 0 Å². The Morgan fingerprint density at radius 3 is 2.81 bits per heavy atom. The van der Waals surface area contributed by atoms with Crippen molar-refractivity contribution in [3.63, 3.8) is 0 Å². The van der Waals surface area contributed by atoms with Crippen LogP contribution in [0.2, 0.25) is 0 Å². The molecule has 1 aromatic heterocycles. The van der Waals surface area contributed by atoms with Gasteiger partial charge in [0.05, 0.1) is 12.7 Å². The van der Waals surface area contributed by atoms with Crippen molar-refractivity contribution in [1.29, 1.82) is 0 Å². The number of rotatable bonds is 2. The molecule has 0 spiro atoms. The summed E-state index contributed by atoms with van der Waals surface area (Å²) in [5.41, 5.74) is 1.92. The first kappa shape index (κ1) is 10.7. The number of H-pyrrole nitrogens is 1. The van der Waals surface area contributed by atoms with Gasteiger partial charge in [-0.05, 0) is 31.3 Å². The van der Waals surface area contributed by atoms with Gasteiger partial charge in [-0.25, -0.2) is 9.77 Å². The second-order valence-corrected chi connectivity index (χ2v) is 3.81. The maximum atomic E-state index is 5.77. The van der Waals surface area contributed by atoms with Crippen molar-refractivity contribution < 1.29 is 4.74 Å². The summed E-state index contributed by atoms with van der Waals surface area (Å²) < 4.78 is 6.96. The molecule has 0 bridgehead atoms. The Bertz CT molecular complexity index is 572. The highest BCUT2D eigenvalue weighted by Gasteiger charge is 2.12. The number of hydrogen-bond donors (Lipinski definition) is 2. The van der Waals surface area contributed by atoms with E-state index in [2.05, 4.69) is 10.2 Å². The highest BCUT2D eigenvalue weighted by molar-refractivity contribution is 7.71. The van der Waals surface area contributed by atoms with Crippen LogP contribution in [0.15, 0.2) is 18.2 Å². The van der Waals surface area contributed by atoms with Gasteiger partial charge < -0.3 is 10.6 Å². The predicted molar refractivity (Wildman–Crippen MR) is 64.3 cm³/mol. The summed E-state index contributed by atoms with van der Waals surface area (Å²) in [5.74, 6) is 7.05. The number of methoxy groups -OCH3 is 1. The van der Waals surface area contributed by atoms with Crippen LogP contribution in [0.5, 0.6) is 5.75 Å². The van der Waals surface area contributed by atoms with Gasteiger partial charge in [-0.15, -0.1) is 0 Å². The van der Waals surface area contributed by atoms with Crippen molar-refractivity contribution in [3.8, 4) is 17.1 Å². The van der Waals surface area contributed by atoms with Crippen molar-refractivity contribution in [2.75, 3.05) is 13.0 Å². The molecule has 2 rings (SSSR count). The SMILES string of the molecule is COc1ccc(C)cc1-c1n[nH]c(=S)n1N. The molecular formula is C10H12N4OS. The fourth-order valence-electron chi connectivity index (χ4n) is 1.49. The van der Waals surface area contributed by atoms with Crippen molar-refractivity contribution in [2.45, 2.75) is 6.92 Å². The lowest BCUT2D eigenvalue weighted by Crippen LogP contribution is -2.10. The topological polar surface area (TPSA) is 68.9 Å². The predicted octanol–water partition coefficient (Wildman–Crippen LogP) is 1.64. The van der Waals surface area contributed by atoms with Gasteiger partial charge in [0.2, 0.25) is 4.77 Å². The van der Waals surface area contributed by atoms with Crippen molar-refractivity contribution >= 4 is 12.2 Å². The molecule has 0 radical (unpaired) electrons. The molecule has 1 heterocycles. The van der Waals surface area contributed by atoms with Gasteiger partial charge in [-0.3, -0.25) is 0 Å². The largest absolute Gasteiger partial charge is 0.496 e. The van der Waals surface area contributed by atoms with E-state index in [1.165, 1.54) is 4.68 Å². The molecule has 1 aromatic carbocycles. The zero-order valence-corrected chi connectivity index (χ0v) is 9.84. The fourth-order valence-corrected chi connectivity index (χ4v) is 1.62. The maximum absolute atomic E-state index is 5.77. The highest BCUT2D eigenvalue weighted by atomic mass is 32.1. The molecule has 0 unspecified atom stereocenters. The average molecular weight is 236 g/mol. The van der Waals surface area contributed by atoms with Crippen molar-refractivity contribution in [2.24, 2.45) is 0 Å². The molecule has 2 aromatic rings. The molecule has 5 nitrogen and oxygen atoms in total. The molecule has 0 aliphatic carbocycles. The molecule has 0 fully saturated rings. The molecule has 0 amide bonds. The quantitative estimate of drug-likeness (QED) is 0.614. The molecule has 0 atom stereocenters. The highest BCUT2D eigenvalue weighted by Crippen LogP contribution is 2.28. The summed E-state index contributed by atoms with van der Waals surface area (Å²) in [5, 5.41) is 6.72. The minimum Gasteiger partial charge on any atom is -0.496 e. The van der Waals surface area contributed by atoms with Gasteiger partial charge >= 0.3 is 0 Å². The number of aromatic nitrogens is 3. The normalized spacial score (nSPS) is 10.4. The molecule has 0 aliphatic heterocycles. The minimum atomic E-state index is 0.374. The Hall–Kier alpha value is -1.82. The third kappa shape index (κ3) is 1.67. The van der Waals surface area contributed by atoms with E-state index in [9.17, 15) is 0 Å². The molecule has 0 saturated carbocycles. The summed E-state index contributed by atoms with van der Waals surface area (Å²) in [6, 6.07) is 5.79. The number of benzene rings is 1. The lowest BCUT2D eigenvalue weighted by Gasteiger charge is -2.08. The zero-order valence-electron chi connectivity index (χ0n) is 9.02. The van der Waals surface area contributed by atoms with Gasteiger partial charge in [-0.1, -0.05) is 11.6 Å². The van der Waals surface area contributed by atoms with E-state index >= 15 is 0 Å². The maximum Gasteiger partial charge on any atom is 0.214 e. The number of nitrogens with two attached hydrogens (primary N) is 1. The van der Waals surface area contributed by atoms with Gasteiger partial charge in [-0.2, -0.15) is 5.10 Å². The smallest absolute Gasteiger partial charge is 0.214 e. The molecule has 0 aliphatic rings. The third-order valence-electron chi connectivity index (χ3n) is 2.30. The molecule has 6 heteroatoms. The number of hydrogen-bond acceptors (Lipinski definition) is 4. The second kappa shape index (κ2) is 3.97. The molecule has 84 valence electrons. The van der Waals surface area contributed by atoms with Crippen LogP contribution >= 0.6 is 12.2 Å². The Labute approximate surface area is 97.8 Å². The van der Waals surface area contributed by atoms with E-state index in [1.807, 2.05) is 25.1 Å². The Morgan fingerprint density at radius 1 is 1.50 bits per heavy atom. The van der Waals surface area contributed by atoms with Crippen LogP contribution in [0, 0.1) is 11.7 Å². The van der Waals surface area contributed by atoms with Gasteiger partial charge in [0.1, 0.15) is 5.75 Å². The van der Waals surface area contributed by atoms with Crippen LogP contribution in [0.4, 0.5) is 0 Å². The van der Waals surface area contributed by atoms with Crippen LogP contribution in [0.25, 0.3) is 11.4 Å². The summed E-state index contributed by atoms with van der Waals surface area (Å²) in [4.78, 5) is 0. The number of nitrogens with one attached hydrogen (secondary N) is 1. The van der Waals surface area contributed by atoms with E-state index in [4.69, 9.17) is 22.8 Å². The first-order valence-corrected chi connectivity index (χ1v) is 5.12. The van der Waals surface area contributed by atoms with Gasteiger partial charge in [0.15, 0.2) is 5.82 Å². The minimum absolute atomic E-state index is 0.374. The number of ether oxygens (including phenoxy) is 1. The Balaban J connectivity index is 2.67. The van der Waals surface area contributed by atoms with Crippen LogP contribution in [-0.2, 0) is 0 Å². The summed E-state index contributed by atoms with van der Waals surface area (Å²) >= 11 is 4.97. The third-order valence-corrected chi connectivity index (χ3v) is 2.59. The van der Waals surface area contributed by atoms with Gasteiger partial charge in [0.25, 0.3) is 0 Å². The Kier molecular flexibility index (Phi) is 2.66. The lowest BCUT2D eigenvalue weighted by molar-refractivity contribution is 0.416. The van der Waals surface area contributed by atoms with Crippen LogP contribution < -0.4 is 10.6 Å². The fraction of sp³-hybridized carbons (Fsp3) is 0.200. The summed E-state index contributed by atoms with van der Waals surface area (Å²) in [7, 11) is 1.61. The molecule has 16 heavy (non-hydrogen) atoms. The van der Waals surface area contributed by atoms with E-state index in [1.54, 1.807) is 7.11 Å². The van der Waals surface area contributed by atoms with E-state index < -0.39 is 0 Å². The standard InChI is InChI=1S/C10H12N4OS/c1-6-3-4-8(15-2)7(5-6)9-12-13-10(16)14(9)11/h3-5H,11H2,1-2H3,(H,13,16). The molecular weight excluding hydrogens is 224 g/mol. The van der Waals surface area contributed by atoms with Gasteiger partial charge in [0, 0.05) is 0 Å². The van der Waals surface area contributed by atoms with E-state index in [0.29, 0.717) is 16.3 Å². The second-order valence-electron chi connectivity index (χ2n) is 3.43. The number of nitrogen functional groups attached to an aromatic ring is 1. The number of nitrogens with zero attached hydrogens (tertiary/aromatic N) is 2. The first-order valence-electron chi connectivity index (χ1n) is 4.71. The first-order chi connectivity index (χ1) is 7.63. The molecule has 0 saturated heterocycles. The van der Waals surface area contributed by atoms with Crippen LogP contribution in [0.1, 0.15) is 5.56 Å². The van der Waals surface area contributed by atoms with Crippen LogP contribution in [-0.4, -0.2) is 22.0 Å². The van der Waals surface area contributed by atoms with E-state index in [-0.39, 0.29) is 0 Å². The Morgan fingerprint density at radius 2 is 2.25 bits per heavy atom. The summed E-state index contributed by atoms with van der Waals surface area (Å²) in [6.07, 6.45) is 0. The number of aromatic amines is 1. The van der Waals surface area contributed by atoms with Crippen molar-refractivity contribution in [1.82, 2.24) is 14.9 Å².